The van der Waals surface area contributed by atoms with Crippen molar-refractivity contribution in [1.29, 1.82) is 0 Å². The monoisotopic (exact) mass is 558 g/mol. The molecule has 0 amide bonds. The molecule has 7 heteroatoms. The number of benzene rings is 2. The van der Waals surface area contributed by atoms with E-state index in [1.54, 1.807) is 4.57 Å². The molecule has 0 aliphatic carbocycles. The number of hydroxylamine groups is 2. The number of para-hydroxylation sites is 2. The number of nitrogens with zero attached hydrogens (tertiary/aromatic N) is 4. The van der Waals surface area contributed by atoms with Crippen LogP contribution in [0, 0.1) is 5.41 Å². The number of aromatic nitrogens is 1. The lowest BCUT2D eigenvalue weighted by atomic mass is 9.78. The van der Waals surface area contributed by atoms with Gasteiger partial charge in [0.25, 0.3) is 0 Å². The highest BCUT2D eigenvalue weighted by Crippen LogP contribution is 2.43. The molecule has 0 saturated carbocycles. The molecule has 1 fully saturated rings. The Balaban J connectivity index is 1.56. The molecule has 2 aromatic carbocycles. The fourth-order valence-corrected chi connectivity index (χ4v) is 6.57. The minimum atomic E-state index is -0.602. The molecule has 1 atom stereocenters. The van der Waals surface area contributed by atoms with Crippen molar-refractivity contribution in [3.63, 3.8) is 0 Å². The molecular formula is C34H46N4O3. The summed E-state index contributed by atoms with van der Waals surface area (Å²) in [4.78, 5) is 20.1. The number of rotatable bonds is 5. The van der Waals surface area contributed by atoms with E-state index in [-0.39, 0.29) is 17.1 Å². The van der Waals surface area contributed by atoms with Crippen molar-refractivity contribution in [2.75, 3.05) is 11.6 Å². The van der Waals surface area contributed by atoms with Gasteiger partial charge in [0.05, 0.1) is 29.6 Å². The first-order valence-corrected chi connectivity index (χ1v) is 14.8. The summed E-state index contributed by atoms with van der Waals surface area (Å²) in [5.74, 6) is 0. The summed E-state index contributed by atoms with van der Waals surface area (Å²) in [6.07, 6.45) is 4.88. The molecule has 5 rings (SSSR count). The van der Waals surface area contributed by atoms with Crippen LogP contribution < -0.4 is 5.01 Å². The van der Waals surface area contributed by atoms with Gasteiger partial charge in [-0.15, -0.1) is 0 Å². The van der Waals surface area contributed by atoms with E-state index in [1.807, 2.05) is 63.4 Å². The summed E-state index contributed by atoms with van der Waals surface area (Å²) in [6, 6.07) is 18.2. The first-order chi connectivity index (χ1) is 19.1. The second kappa shape index (κ2) is 10.3. The predicted octanol–water partition coefficient (Wildman–Crippen LogP) is 8.02. The van der Waals surface area contributed by atoms with Gasteiger partial charge in [-0.3, -0.25) is 14.4 Å². The van der Waals surface area contributed by atoms with Crippen molar-refractivity contribution in [2.24, 2.45) is 10.5 Å². The highest BCUT2D eigenvalue weighted by atomic mass is 16.7. The van der Waals surface area contributed by atoms with E-state index in [0.29, 0.717) is 6.61 Å². The van der Waals surface area contributed by atoms with Crippen LogP contribution in [0.5, 0.6) is 0 Å². The van der Waals surface area contributed by atoms with Crippen molar-refractivity contribution in [1.82, 2.24) is 9.63 Å². The van der Waals surface area contributed by atoms with Crippen LogP contribution in [0.3, 0.4) is 0 Å². The summed E-state index contributed by atoms with van der Waals surface area (Å²) < 4.78 is 7.38. The summed E-state index contributed by atoms with van der Waals surface area (Å²) in [7, 11) is 0. The Bertz CT molecular complexity index is 1430. The highest BCUT2D eigenvalue weighted by Gasteiger charge is 2.49. The zero-order valence-corrected chi connectivity index (χ0v) is 26.2. The SMILES string of the molecule is CC(C)(C)OC(=O)n1cc(C2=NN(c3ccccc3)C(CON3C(C)(C)CCCC3(C)C)C2(C)C)c2ccccc21. The molecule has 1 aromatic heterocycles. The van der Waals surface area contributed by atoms with E-state index in [0.717, 1.165) is 40.7 Å². The van der Waals surface area contributed by atoms with Crippen molar-refractivity contribution in [3.05, 3.63) is 66.4 Å². The van der Waals surface area contributed by atoms with Gasteiger partial charge in [0.2, 0.25) is 0 Å². The standard InChI is InChI=1S/C34H46N4O3/c1-31(2,3)41-30(39)36-22-26(25-18-13-14-19-27(25)36)29-34(8,9)28(37(35-29)24-16-11-10-12-17-24)23-40-38-32(4,5)20-15-21-33(38,6)7/h10-14,16-19,22,28H,15,20-21,23H2,1-9H3. The Labute approximate surface area is 245 Å². The van der Waals surface area contributed by atoms with Gasteiger partial charge in [0.1, 0.15) is 5.60 Å². The molecule has 1 unspecified atom stereocenters. The number of hydrogen-bond donors (Lipinski definition) is 0. The third-order valence-corrected chi connectivity index (χ3v) is 8.56. The van der Waals surface area contributed by atoms with E-state index >= 15 is 0 Å². The summed E-state index contributed by atoms with van der Waals surface area (Å²) in [5.41, 5.74) is 2.54. The van der Waals surface area contributed by atoms with Crippen LogP contribution in [0.25, 0.3) is 10.9 Å². The maximum Gasteiger partial charge on any atom is 0.419 e. The molecule has 220 valence electrons. The topological polar surface area (TPSA) is 59.3 Å². The number of ether oxygens (including phenoxy) is 1. The molecule has 3 heterocycles. The van der Waals surface area contributed by atoms with Crippen molar-refractivity contribution >= 4 is 28.4 Å². The Hall–Kier alpha value is -3.16. The van der Waals surface area contributed by atoms with Gasteiger partial charge in [-0.2, -0.15) is 10.2 Å². The van der Waals surface area contributed by atoms with Gasteiger partial charge in [-0.25, -0.2) is 4.79 Å². The van der Waals surface area contributed by atoms with Crippen LogP contribution in [-0.4, -0.2) is 50.8 Å². The zero-order chi connectivity index (χ0) is 29.8. The first-order valence-electron chi connectivity index (χ1n) is 14.8. The van der Waals surface area contributed by atoms with Crippen LogP contribution >= 0.6 is 0 Å². The fraction of sp³-hybridized carbons (Fsp3) is 0.529. The molecule has 7 nitrogen and oxygen atoms in total. The molecule has 0 spiro atoms. The maximum atomic E-state index is 13.3. The summed E-state index contributed by atoms with van der Waals surface area (Å²) in [6.45, 7) is 19.7. The average molecular weight is 559 g/mol. The molecule has 3 aromatic rings. The van der Waals surface area contributed by atoms with E-state index in [4.69, 9.17) is 14.7 Å². The van der Waals surface area contributed by atoms with Crippen LogP contribution in [0.4, 0.5) is 10.5 Å². The molecule has 2 aliphatic rings. The zero-order valence-electron chi connectivity index (χ0n) is 26.2. The number of carbonyl (C=O) groups is 1. The average Bonchev–Trinajstić information content (AvgIpc) is 3.37. The predicted molar refractivity (Wildman–Crippen MR) is 166 cm³/mol. The number of anilines is 1. The molecule has 1 saturated heterocycles. The van der Waals surface area contributed by atoms with Gasteiger partial charge in [0, 0.05) is 33.6 Å². The van der Waals surface area contributed by atoms with E-state index in [1.165, 1.54) is 6.42 Å². The molecule has 0 bridgehead atoms. The number of fused-ring (bicyclic) bond motifs is 1. The van der Waals surface area contributed by atoms with Gasteiger partial charge >= 0.3 is 6.09 Å². The largest absolute Gasteiger partial charge is 0.443 e. The first kappa shape index (κ1) is 29.3. The van der Waals surface area contributed by atoms with Crippen LogP contribution in [0.1, 0.15) is 87.1 Å². The lowest BCUT2D eigenvalue weighted by Crippen LogP contribution is -2.59. The highest BCUT2D eigenvalue weighted by molar-refractivity contribution is 6.16. The van der Waals surface area contributed by atoms with E-state index < -0.39 is 17.1 Å². The maximum absolute atomic E-state index is 13.3. The second-order valence-corrected chi connectivity index (χ2v) is 14.3. The Morgan fingerprint density at radius 2 is 1.54 bits per heavy atom. The lowest BCUT2D eigenvalue weighted by Gasteiger charge is -2.52. The second-order valence-electron chi connectivity index (χ2n) is 14.3. The molecule has 41 heavy (non-hydrogen) atoms. The van der Waals surface area contributed by atoms with Gasteiger partial charge in [-0.05, 0) is 85.9 Å². The van der Waals surface area contributed by atoms with Crippen molar-refractivity contribution in [3.8, 4) is 0 Å². The van der Waals surface area contributed by atoms with Crippen molar-refractivity contribution in [2.45, 2.75) is 104 Å². The summed E-state index contributed by atoms with van der Waals surface area (Å²) in [5, 5.41) is 10.6. The van der Waals surface area contributed by atoms with E-state index in [2.05, 4.69) is 69.8 Å². The normalized spacial score (nSPS) is 22.1. The third kappa shape index (κ3) is 5.54. The molecule has 0 radical (unpaired) electrons. The number of hydrazone groups is 1. The fourth-order valence-electron chi connectivity index (χ4n) is 6.57. The third-order valence-electron chi connectivity index (χ3n) is 8.56. The van der Waals surface area contributed by atoms with Crippen LogP contribution in [-0.2, 0) is 9.57 Å². The van der Waals surface area contributed by atoms with Crippen LogP contribution in [0.2, 0.25) is 0 Å². The molecule has 0 N–H and O–H groups in total. The van der Waals surface area contributed by atoms with Gasteiger partial charge in [0.15, 0.2) is 0 Å². The lowest BCUT2D eigenvalue weighted by molar-refractivity contribution is -0.284. The number of piperidine rings is 1. The summed E-state index contributed by atoms with van der Waals surface area (Å²) >= 11 is 0. The van der Waals surface area contributed by atoms with E-state index in [9.17, 15) is 4.79 Å². The smallest absolute Gasteiger partial charge is 0.419 e. The quantitative estimate of drug-likeness (QED) is 0.317. The minimum absolute atomic E-state index is 0.0629. The Kier molecular flexibility index (Phi) is 7.36. The molecular weight excluding hydrogens is 512 g/mol. The van der Waals surface area contributed by atoms with Gasteiger partial charge < -0.3 is 4.74 Å². The van der Waals surface area contributed by atoms with Crippen LogP contribution in [0.15, 0.2) is 65.9 Å². The Morgan fingerprint density at radius 3 is 2.17 bits per heavy atom. The number of carbonyl (C=O) groups excluding carboxylic acids is 1. The number of hydrogen-bond acceptors (Lipinski definition) is 6. The van der Waals surface area contributed by atoms with Crippen molar-refractivity contribution < 1.29 is 14.4 Å². The molecule has 2 aliphatic heterocycles. The minimum Gasteiger partial charge on any atom is -0.443 e. The van der Waals surface area contributed by atoms with Gasteiger partial charge in [-0.1, -0.05) is 50.2 Å². The Morgan fingerprint density at radius 1 is 0.927 bits per heavy atom.